The monoisotopic (exact) mass is 213 g/mol. The minimum Gasteiger partial charge on any atom is -0.462 e. The number of carbonyl (C=O) groups excluding carboxylic acids is 1. The lowest BCUT2D eigenvalue weighted by Gasteiger charge is -2.05. The van der Waals surface area contributed by atoms with Gasteiger partial charge in [0.2, 0.25) is 0 Å². The molecule has 0 amide bonds. The van der Waals surface area contributed by atoms with Gasteiger partial charge in [0, 0.05) is 12.1 Å². The lowest BCUT2D eigenvalue weighted by molar-refractivity contribution is -0.139. The average molecular weight is 213 g/mol. The number of esters is 1. The summed E-state index contributed by atoms with van der Waals surface area (Å²) in [5, 5.41) is 0. The Labute approximate surface area is 92.7 Å². The maximum absolute atomic E-state index is 11.5. The zero-order valence-corrected chi connectivity index (χ0v) is 9.92. The molecule has 0 aromatic carbocycles. The van der Waals surface area contributed by atoms with E-state index >= 15 is 0 Å². The van der Waals surface area contributed by atoms with E-state index in [-0.39, 0.29) is 12.5 Å². The molecule has 0 saturated carbocycles. The topological polar surface area (TPSA) is 52.3 Å². The van der Waals surface area contributed by atoms with Gasteiger partial charge in [-0.05, 0) is 12.8 Å². The highest BCUT2D eigenvalue weighted by Gasteiger charge is 2.07. The molecule has 88 valence electrons. The molecule has 0 spiro atoms. The van der Waals surface area contributed by atoms with Crippen LogP contribution in [0.3, 0.4) is 0 Å². The number of rotatable bonds is 8. The summed E-state index contributed by atoms with van der Waals surface area (Å²) in [7, 11) is 0. The number of hydrogen-bond acceptors (Lipinski definition) is 3. The summed E-state index contributed by atoms with van der Waals surface area (Å²) < 4.78 is 5.08. The van der Waals surface area contributed by atoms with Gasteiger partial charge in [0.15, 0.2) is 0 Å². The Balaban J connectivity index is 3.92. The van der Waals surface area contributed by atoms with Crippen molar-refractivity contribution in [1.82, 2.24) is 0 Å². The maximum Gasteiger partial charge on any atom is 0.334 e. The van der Waals surface area contributed by atoms with Crippen LogP contribution in [-0.2, 0) is 9.53 Å². The normalized spacial score (nSPS) is 11.5. The molecule has 2 N–H and O–H groups in total. The molecule has 0 atom stereocenters. The zero-order valence-electron chi connectivity index (χ0n) is 9.92. The highest BCUT2D eigenvalue weighted by Crippen LogP contribution is 2.03. The van der Waals surface area contributed by atoms with Gasteiger partial charge in [-0.2, -0.15) is 0 Å². The number of carbonyl (C=O) groups is 1. The molecule has 0 aliphatic rings. The fourth-order valence-electron chi connectivity index (χ4n) is 1.13. The first-order chi connectivity index (χ1) is 7.26. The minimum atomic E-state index is -0.248. The predicted molar refractivity (Wildman–Crippen MR) is 62.5 cm³/mol. The Hall–Kier alpha value is -0.830. The highest BCUT2D eigenvalue weighted by atomic mass is 16.5. The van der Waals surface area contributed by atoms with Gasteiger partial charge in [-0.25, -0.2) is 4.79 Å². The van der Waals surface area contributed by atoms with E-state index in [4.69, 9.17) is 10.5 Å². The Morgan fingerprint density at radius 1 is 1.27 bits per heavy atom. The molecule has 3 heteroatoms. The molecule has 0 radical (unpaired) electrons. The van der Waals surface area contributed by atoms with Crippen LogP contribution in [0.15, 0.2) is 11.6 Å². The Bertz CT molecular complexity index is 200. The van der Waals surface area contributed by atoms with E-state index in [1.54, 1.807) is 0 Å². The molecule has 0 aromatic heterocycles. The molecule has 0 aliphatic heterocycles. The summed E-state index contributed by atoms with van der Waals surface area (Å²) in [5.41, 5.74) is 6.10. The summed E-state index contributed by atoms with van der Waals surface area (Å²) in [6, 6.07) is 0. The van der Waals surface area contributed by atoms with Crippen molar-refractivity contribution in [2.24, 2.45) is 5.73 Å². The fourth-order valence-corrected chi connectivity index (χ4v) is 1.13. The van der Waals surface area contributed by atoms with E-state index < -0.39 is 0 Å². The van der Waals surface area contributed by atoms with E-state index in [2.05, 4.69) is 13.8 Å². The third kappa shape index (κ3) is 7.14. The quantitative estimate of drug-likeness (QED) is 0.382. The molecule has 15 heavy (non-hydrogen) atoms. The van der Waals surface area contributed by atoms with Crippen LogP contribution in [-0.4, -0.2) is 19.1 Å². The fraction of sp³-hybridized carbons (Fsp3) is 0.750. The third-order valence-electron chi connectivity index (χ3n) is 2.16. The maximum atomic E-state index is 11.5. The second-order valence-corrected chi connectivity index (χ2v) is 3.57. The second-order valence-electron chi connectivity index (χ2n) is 3.57. The van der Waals surface area contributed by atoms with Crippen LogP contribution in [0.4, 0.5) is 0 Å². The van der Waals surface area contributed by atoms with Gasteiger partial charge in [-0.15, -0.1) is 0 Å². The summed E-state index contributed by atoms with van der Waals surface area (Å²) in [5.74, 6) is -0.248. The van der Waals surface area contributed by atoms with Crippen molar-refractivity contribution < 1.29 is 9.53 Å². The smallest absolute Gasteiger partial charge is 0.334 e. The van der Waals surface area contributed by atoms with E-state index in [0.29, 0.717) is 12.2 Å². The molecule has 0 rings (SSSR count). The zero-order chi connectivity index (χ0) is 11.5. The van der Waals surface area contributed by atoms with Crippen molar-refractivity contribution in [2.45, 2.75) is 46.0 Å². The molecule has 0 bridgehead atoms. The van der Waals surface area contributed by atoms with Crippen LogP contribution in [0.2, 0.25) is 0 Å². The molecular weight excluding hydrogens is 190 g/mol. The molecular formula is C12H23NO2. The largest absolute Gasteiger partial charge is 0.462 e. The van der Waals surface area contributed by atoms with Crippen LogP contribution in [0.5, 0.6) is 0 Å². The first-order valence-electron chi connectivity index (χ1n) is 5.82. The van der Waals surface area contributed by atoms with Crippen LogP contribution >= 0.6 is 0 Å². The molecule has 0 aromatic rings. The number of nitrogens with two attached hydrogens (primary N) is 1. The number of allylic oxidation sites excluding steroid dienone is 1. The highest BCUT2D eigenvalue weighted by molar-refractivity contribution is 5.88. The van der Waals surface area contributed by atoms with Crippen LogP contribution in [0.25, 0.3) is 0 Å². The lowest BCUT2D eigenvalue weighted by atomic mass is 10.1. The molecule has 0 fully saturated rings. The average Bonchev–Trinajstić information content (AvgIpc) is 2.24. The minimum absolute atomic E-state index is 0.248. The van der Waals surface area contributed by atoms with E-state index in [1.165, 1.54) is 0 Å². The Morgan fingerprint density at radius 2 is 1.93 bits per heavy atom. The van der Waals surface area contributed by atoms with Gasteiger partial charge < -0.3 is 10.5 Å². The van der Waals surface area contributed by atoms with Gasteiger partial charge in [0.05, 0.1) is 6.61 Å². The van der Waals surface area contributed by atoms with Crippen LogP contribution in [0.1, 0.15) is 46.0 Å². The predicted octanol–water partition coefficient (Wildman–Crippen LogP) is 2.41. The van der Waals surface area contributed by atoms with Crippen molar-refractivity contribution >= 4 is 5.97 Å². The van der Waals surface area contributed by atoms with Crippen molar-refractivity contribution in [1.29, 1.82) is 0 Å². The number of ether oxygens (including phenoxy) is 1. The molecule has 0 saturated heterocycles. The van der Waals surface area contributed by atoms with E-state index in [9.17, 15) is 4.79 Å². The molecule has 0 heterocycles. The summed E-state index contributed by atoms with van der Waals surface area (Å²) in [6.07, 6.45) is 6.97. The van der Waals surface area contributed by atoms with Gasteiger partial charge in [0.1, 0.15) is 0 Å². The number of unbranched alkanes of at least 4 members (excludes halogenated alkanes) is 3. The van der Waals surface area contributed by atoms with Crippen molar-refractivity contribution in [3.8, 4) is 0 Å². The standard InChI is InChI=1S/C12H23NO2/c1-3-5-7-8-11(10-13)12(14)15-9-6-4-2/h8H,3-7,9-10,13H2,1-2H3. The van der Waals surface area contributed by atoms with E-state index in [0.717, 1.165) is 32.1 Å². The second kappa shape index (κ2) is 9.71. The molecule has 0 aliphatic carbocycles. The van der Waals surface area contributed by atoms with Gasteiger partial charge in [0.25, 0.3) is 0 Å². The molecule has 0 unspecified atom stereocenters. The van der Waals surface area contributed by atoms with Gasteiger partial charge >= 0.3 is 5.97 Å². The third-order valence-corrected chi connectivity index (χ3v) is 2.16. The molecule has 3 nitrogen and oxygen atoms in total. The summed E-state index contributed by atoms with van der Waals surface area (Å²) in [6.45, 7) is 4.96. The summed E-state index contributed by atoms with van der Waals surface area (Å²) in [4.78, 5) is 11.5. The van der Waals surface area contributed by atoms with Crippen molar-refractivity contribution in [3.05, 3.63) is 11.6 Å². The lowest BCUT2D eigenvalue weighted by Crippen LogP contribution is -2.16. The van der Waals surface area contributed by atoms with Crippen LogP contribution < -0.4 is 5.73 Å². The SMILES string of the molecule is CCCCC=C(CN)C(=O)OCCCC. The Morgan fingerprint density at radius 3 is 2.47 bits per heavy atom. The Kier molecular flexibility index (Phi) is 9.18. The first-order valence-corrected chi connectivity index (χ1v) is 5.82. The van der Waals surface area contributed by atoms with Gasteiger partial charge in [-0.3, -0.25) is 0 Å². The van der Waals surface area contributed by atoms with E-state index in [1.807, 2.05) is 6.08 Å². The van der Waals surface area contributed by atoms with Crippen molar-refractivity contribution in [3.63, 3.8) is 0 Å². The van der Waals surface area contributed by atoms with Crippen molar-refractivity contribution in [2.75, 3.05) is 13.2 Å². The van der Waals surface area contributed by atoms with Gasteiger partial charge in [-0.1, -0.05) is 39.2 Å². The number of hydrogen-bond donors (Lipinski definition) is 1. The first kappa shape index (κ1) is 14.2. The van der Waals surface area contributed by atoms with Crippen LogP contribution in [0, 0.1) is 0 Å². The summed E-state index contributed by atoms with van der Waals surface area (Å²) >= 11 is 0.